The van der Waals surface area contributed by atoms with Gasteiger partial charge in [0.05, 0.1) is 11.4 Å². The van der Waals surface area contributed by atoms with Crippen LogP contribution in [0.1, 0.15) is 65.5 Å². The van der Waals surface area contributed by atoms with Gasteiger partial charge in [-0.15, -0.1) is 0 Å². The molecule has 250 valence electrons. The van der Waals surface area contributed by atoms with Gasteiger partial charge < -0.3 is 26.6 Å². The number of hydrogen-bond donors (Lipinski definition) is 0. The normalized spacial score (nSPS) is 12.2. The lowest BCUT2D eigenvalue weighted by Gasteiger charge is -2.28. The van der Waals surface area contributed by atoms with Crippen molar-refractivity contribution in [1.29, 1.82) is 0 Å². The van der Waals surface area contributed by atoms with Crippen molar-refractivity contribution in [3.05, 3.63) is 47.8 Å². The molecular formula is C32H56N2O6S2Si2. The third-order valence-corrected chi connectivity index (χ3v) is 15.2. The summed E-state index contributed by atoms with van der Waals surface area (Å²) in [5, 5.41) is 0. The number of rotatable bonds is 27. The summed E-state index contributed by atoms with van der Waals surface area (Å²) in [7, 11) is -5.08. The van der Waals surface area contributed by atoms with Gasteiger partial charge in [0.1, 0.15) is 0 Å². The highest BCUT2D eigenvalue weighted by atomic mass is 32.2. The molecule has 0 aromatic carbocycles. The number of nitrogens with zero attached hydrogens (tertiary/aromatic N) is 2. The summed E-state index contributed by atoms with van der Waals surface area (Å²) >= 11 is 3.94. The number of pyridine rings is 2. The first-order chi connectivity index (χ1) is 21.5. The van der Waals surface area contributed by atoms with E-state index in [4.69, 9.17) is 26.6 Å². The molecule has 0 aliphatic heterocycles. The Morgan fingerprint density at radius 1 is 0.523 bits per heavy atom. The molecule has 12 heteroatoms. The Labute approximate surface area is 277 Å². The average molecular weight is 685 g/mol. The Kier molecular flexibility index (Phi) is 21.0. The van der Waals surface area contributed by atoms with Gasteiger partial charge in [0.15, 0.2) is 0 Å². The minimum atomic E-state index is -2.54. The molecule has 0 fully saturated rings. The fourth-order valence-corrected chi connectivity index (χ4v) is 12.5. The second-order valence-electron chi connectivity index (χ2n) is 9.99. The number of thioether (sulfide) groups is 2. The number of aryl methyl sites for hydroxylation is 2. The van der Waals surface area contributed by atoms with E-state index in [0.29, 0.717) is 39.6 Å². The molecule has 2 rings (SSSR count). The van der Waals surface area contributed by atoms with Crippen LogP contribution in [-0.2, 0) is 39.4 Å². The summed E-state index contributed by atoms with van der Waals surface area (Å²) in [6, 6.07) is 10.3. The lowest BCUT2D eigenvalue weighted by atomic mass is 10.1. The Morgan fingerprint density at radius 2 is 0.864 bits per heavy atom. The third-order valence-electron chi connectivity index (χ3n) is 6.71. The lowest BCUT2D eigenvalue weighted by molar-refractivity contribution is 0.0704. The smallest absolute Gasteiger partial charge is 0.374 e. The largest absolute Gasteiger partial charge is 0.500 e. The van der Waals surface area contributed by atoms with Crippen LogP contribution in [0, 0.1) is 0 Å². The molecule has 0 spiro atoms. The van der Waals surface area contributed by atoms with Crippen LogP contribution in [-0.4, -0.2) is 90.2 Å². The molecule has 0 saturated carbocycles. The van der Waals surface area contributed by atoms with E-state index in [-0.39, 0.29) is 0 Å². The van der Waals surface area contributed by atoms with Gasteiger partial charge in [-0.3, -0.25) is 9.97 Å². The molecule has 0 saturated heterocycles. The number of hydrogen-bond acceptors (Lipinski definition) is 10. The van der Waals surface area contributed by atoms with Crippen LogP contribution in [0.25, 0.3) is 11.4 Å². The lowest BCUT2D eigenvalue weighted by Crippen LogP contribution is -2.46. The molecule has 44 heavy (non-hydrogen) atoms. The van der Waals surface area contributed by atoms with Crippen molar-refractivity contribution < 1.29 is 26.6 Å². The van der Waals surface area contributed by atoms with Gasteiger partial charge in [-0.25, -0.2) is 0 Å². The summed E-state index contributed by atoms with van der Waals surface area (Å²) in [6.45, 7) is 15.8. The first-order valence-corrected chi connectivity index (χ1v) is 22.6. The summed E-state index contributed by atoms with van der Waals surface area (Å²) in [4.78, 5) is 9.27. The van der Waals surface area contributed by atoms with Gasteiger partial charge in [-0.2, -0.15) is 23.5 Å². The first-order valence-electron chi connectivity index (χ1n) is 16.4. The predicted molar refractivity (Wildman–Crippen MR) is 190 cm³/mol. The van der Waals surface area contributed by atoms with Crippen molar-refractivity contribution in [2.75, 3.05) is 62.7 Å². The molecule has 0 N–H and O–H groups in total. The highest BCUT2D eigenvalue weighted by molar-refractivity contribution is 7.99. The fourth-order valence-electron chi connectivity index (χ4n) is 4.91. The van der Waals surface area contributed by atoms with Gasteiger partial charge in [0.2, 0.25) is 0 Å². The Hall–Kier alpha value is -0.806. The summed E-state index contributed by atoms with van der Waals surface area (Å²) in [5.74, 6) is 4.25. The minimum absolute atomic E-state index is 0.627. The topological polar surface area (TPSA) is 81.2 Å². The summed E-state index contributed by atoms with van der Waals surface area (Å²) < 4.78 is 35.9. The zero-order valence-corrected chi connectivity index (χ0v) is 31.6. The van der Waals surface area contributed by atoms with Crippen LogP contribution < -0.4 is 0 Å². The van der Waals surface area contributed by atoms with Crippen molar-refractivity contribution in [3.63, 3.8) is 0 Å². The molecule has 0 radical (unpaired) electrons. The molecule has 2 aromatic heterocycles. The standard InChI is InChI=1S/C32H56N2O6S2Si2/c1-7-35-43(36-8-2,37-9-3)25-13-21-41-23-17-29-15-19-33-31(27-29)32-28-30(16-20-34-32)18-24-42-22-14-26-44(38-10-4,39-11-5)40-12-6/h15-16,19-20,27-28H,7-14,17-18,21-26H2,1-6H3. The third kappa shape index (κ3) is 14.7. The molecule has 2 heterocycles. The minimum Gasteiger partial charge on any atom is -0.374 e. The SMILES string of the molecule is CCO[Si](CCCSCCc1ccnc(-c2cc(CCSCCC[Si](OCC)(OCC)OCC)ccn2)c1)(OCC)OCC. The predicted octanol–water partition coefficient (Wildman–Crippen LogP) is 7.57. The molecule has 0 amide bonds. The highest BCUT2D eigenvalue weighted by Gasteiger charge is 2.40. The van der Waals surface area contributed by atoms with E-state index in [9.17, 15) is 0 Å². The first kappa shape index (κ1) is 39.4. The van der Waals surface area contributed by atoms with Crippen LogP contribution in [0.15, 0.2) is 36.7 Å². The molecule has 8 nitrogen and oxygen atoms in total. The molecule has 2 aromatic rings. The maximum atomic E-state index is 5.98. The molecule has 0 unspecified atom stereocenters. The van der Waals surface area contributed by atoms with Gasteiger partial charge in [0, 0.05) is 64.1 Å². The van der Waals surface area contributed by atoms with Gasteiger partial charge in [-0.05, 0) is 126 Å². The van der Waals surface area contributed by atoms with E-state index in [1.165, 1.54) is 11.1 Å². The Morgan fingerprint density at radius 3 is 1.18 bits per heavy atom. The molecule has 0 aliphatic carbocycles. The number of aromatic nitrogens is 2. The monoisotopic (exact) mass is 684 g/mol. The van der Waals surface area contributed by atoms with Gasteiger partial charge in [-0.1, -0.05) is 0 Å². The highest BCUT2D eigenvalue weighted by Crippen LogP contribution is 2.23. The van der Waals surface area contributed by atoms with Crippen molar-refractivity contribution in [2.45, 2.75) is 79.3 Å². The van der Waals surface area contributed by atoms with Crippen molar-refractivity contribution in [1.82, 2.24) is 9.97 Å². The van der Waals surface area contributed by atoms with Crippen LogP contribution in [0.3, 0.4) is 0 Å². The van der Waals surface area contributed by atoms with E-state index in [0.717, 1.165) is 72.2 Å². The summed E-state index contributed by atoms with van der Waals surface area (Å²) in [6.07, 6.45) is 7.88. The maximum Gasteiger partial charge on any atom is 0.500 e. The quantitative estimate of drug-likeness (QED) is 0.0694. The average Bonchev–Trinajstić information content (AvgIpc) is 3.02. The van der Waals surface area contributed by atoms with E-state index < -0.39 is 17.6 Å². The fraction of sp³-hybridized carbons (Fsp3) is 0.688. The zero-order valence-electron chi connectivity index (χ0n) is 27.9. The van der Waals surface area contributed by atoms with Crippen LogP contribution in [0.2, 0.25) is 12.1 Å². The molecule has 0 aliphatic rings. The van der Waals surface area contributed by atoms with E-state index in [2.05, 4.69) is 34.2 Å². The Bertz CT molecular complexity index is 913. The Balaban J connectivity index is 1.78. The van der Waals surface area contributed by atoms with E-state index >= 15 is 0 Å². The van der Waals surface area contributed by atoms with E-state index in [1.807, 2.05) is 77.5 Å². The zero-order chi connectivity index (χ0) is 31.9. The van der Waals surface area contributed by atoms with Gasteiger partial charge >= 0.3 is 17.6 Å². The van der Waals surface area contributed by atoms with Crippen molar-refractivity contribution in [3.8, 4) is 11.4 Å². The van der Waals surface area contributed by atoms with Crippen molar-refractivity contribution >= 4 is 41.1 Å². The van der Waals surface area contributed by atoms with Crippen molar-refractivity contribution in [2.24, 2.45) is 0 Å². The van der Waals surface area contributed by atoms with Crippen LogP contribution >= 0.6 is 23.5 Å². The maximum absolute atomic E-state index is 5.98. The van der Waals surface area contributed by atoms with Gasteiger partial charge in [0.25, 0.3) is 0 Å². The second kappa shape index (κ2) is 23.5. The molecular weight excluding hydrogens is 629 g/mol. The molecule has 0 bridgehead atoms. The second-order valence-corrected chi connectivity index (χ2v) is 17.9. The van der Waals surface area contributed by atoms with Crippen LogP contribution in [0.4, 0.5) is 0 Å². The van der Waals surface area contributed by atoms with Crippen LogP contribution in [0.5, 0.6) is 0 Å². The van der Waals surface area contributed by atoms with E-state index in [1.54, 1.807) is 0 Å². The summed E-state index contributed by atoms with van der Waals surface area (Å²) in [5.41, 5.74) is 4.45. The molecule has 0 atom stereocenters.